The van der Waals surface area contributed by atoms with Gasteiger partial charge in [-0.2, -0.15) is 4.98 Å². The van der Waals surface area contributed by atoms with Crippen LogP contribution in [0.1, 0.15) is 28.7 Å². The normalized spacial score (nSPS) is 13.5. The van der Waals surface area contributed by atoms with E-state index in [0.717, 1.165) is 42.1 Å². The average molecular weight is 430 g/mol. The molecule has 0 atom stereocenters. The molecule has 7 nitrogen and oxygen atoms in total. The molecule has 4 aromatic rings. The summed E-state index contributed by atoms with van der Waals surface area (Å²) in [6.07, 6.45) is 0.921. The minimum absolute atomic E-state index is 0.253. The molecule has 0 N–H and O–H groups in total. The summed E-state index contributed by atoms with van der Waals surface area (Å²) in [6.45, 7) is 6.57. The van der Waals surface area contributed by atoms with Crippen LogP contribution in [0.15, 0.2) is 58.1 Å². The molecule has 0 amide bonds. The molecule has 0 radical (unpaired) electrons. The monoisotopic (exact) mass is 429 g/mol. The first kappa shape index (κ1) is 20.3. The zero-order chi connectivity index (χ0) is 22.4. The van der Waals surface area contributed by atoms with E-state index in [-0.39, 0.29) is 17.8 Å². The van der Waals surface area contributed by atoms with Gasteiger partial charge in [-0.15, -0.1) is 0 Å². The fourth-order valence-corrected chi connectivity index (χ4v) is 4.57. The molecule has 0 spiro atoms. The maximum atomic E-state index is 13.6. The van der Waals surface area contributed by atoms with E-state index in [1.54, 1.807) is 7.05 Å². The minimum atomic E-state index is -0.339. The second kappa shape index (κ2) is 7.82. The first-order valence-corrected chi connectivity index (χ1v) is 11.0. The van der Waals surface area contributed by atoms with E-state index >= 15 is 0 Å². The predicted molar refractivity (Wildman–Crippen MR) is 126 cm³/mol. The topological polar surface area (TPSA) is 65.1 Å². The smallest absolute Gasteiger partial charge is 0.332 e. The number of hydrogen-bond donors (Lipinski definition) is 0. The van der Waals surface area contributed by atoms with E-state index in [0.29, 0.717) is 17.7 Å². The molecule has 1 aliphatic heterocycles. The Hall–Kier alpha value is -3.61. The van der Waals surface area contributed by atoms with Gasteiger partial charge in [-0.1, -0.05) is 54.1 Å². The van der Waals surface area contributed by atoms with Crippen LogP contribution < -0.4 is 16.1 Å². The molecule has 32 heavy (non-hydrogen) atoms. The zero-order valence-electron chi connectivity index (χ0n) is 18.7. The van der Waals surface area contributed by atoms with Gasteiger partial charge >= 0.3 is 5.69 Å². The predicted octanol–water partition coefficient (Wildman–Crippen LogP) is 2.97. The molecular weight excluding hydrogens is 402 g/mol. The van der Waals surface area contributed by atoms with Crippen molar-refractivity contribution >= 4 is 17.1 Å². The van der Waals surface area contributed by atoms with Crippen LogP contribution in [0.2, 0.25) is 0 Å². The highest BCUT2D eigenvalue weighted by Gasteiger charge is 2.26. The van der Waals surface area contributed by atoms with Crippen molar-refractivity contribution in [3.05, 3.63) is 91.6 Å². The van der Waals surface area contributed by atoms with E-state index in [9.17, 15) is 9.59 Å². The van der Waals surface area contributed by atoms with E-state index in [4.69, 9.17) is 4.98 Å². The SMILES string of the molecule is Cc1ccc(C)c(Cn2c(=O)c3c(nc4n3CCCN4Cc3ccccc3)n(C)c2=O)c1. The van der Waals surface area contributed by atoms with Crippen LogP contribution in [0.4, 0.5) is 5.95 Å². The van der Waals surface area contributed by atoms with Crippen molar-refractivity contribution in [3.8, 4) is 0 Å². The van der Waals surface area contributed by atoms with Crippen molar-refractivity contribution in [2.24, 2.45) is 7.05 Å². The average Bonchev–Trinajstić information content (AvgIpc) is 3.19. The highest BCUT2D eigenvalue weighted by molar-refractivity contribution is 5.75. The fraction of sp³-hybridized carbons (Fsp3) is 0.320. The van der Waals surface area contributed by atoms with Crippen molar-refractivity contribution in [3.63, 3.8) is 0 Å². The molecule has 164 valence electrons. The first-order valence-electron chi connectivity index (χ1n) is 11.0. The highest BCUT2D eigenvalue weighted by atomic mass is 16.2. The number of aryl methyl sites for hydroxylation is 4. The van der Waals surface area contributed by atoms with Crippen LogP contribution in [0.3, 0.4) is 0 Å². The Bertz CT molecular complexity index is 1430. The lowest BCUT2D eigenvalue weighted by molar-refractivity contribution is 0.561. The number of rotatable bonds is 4. The van der Waals surface area contributed by atoms with Gasteiger partial charge in [-0.25, -0.2) is 4.79 Å². The quantitative estimate of drug-likeness (QED) is 0.500. The Balaban J connectivity index is 1.64. The Morgan fingerprint density at radius 2 is 1.75 bits per heavy atom. The van der Waals surface area contributed by atoms with Gasteiger partial charge < -0.3 is 9.47 Å². The van der Waals surface area contributed by atoms with Gasteiger partial charge in [-0.3, -0.25) is 13.9 Å². The van der Waals surface area contributed by atoms with Crippen molar-refractivity contribution in [2.75, 3.05) is 11.4 Å². The van der Waals surface area contributed by atoms with Crippen LogP contribution in [0.5, 0.6) is 0 Å². The Kier molecular flexibility index (Phi) is 4.96. The van der Waals surface area contributed by atoms with Crippen molar-refractivity contribution < 1.29 is 0 Å². The Morgan fingerprint density at radius 1 is 0.969 bits per heavy atom. The zero-order valence-corrected chi connectivity index (χ0v) is 18.7. The molecular formula is C25H27N5O2. The Labute approximate surface area is 186 Å². The van der Waals surface area contributed by atoms with E-state index in [1.165, 1.54) is 14.7 Å². The first-order chi connectivity index (χ1) is 15.4. The number of benzene rings is 2. The van der Waals surface area contributed by atoms with Gasteiger partial charge in [0.25, 0.3) is 5.56 Å². The van der Waals surface area contributed by atoms with E-state index < -0.39 is 0 Å². The molecule has 1 aliphatic rings. The number of aromatic nitrogens is 4. The molecule has 2 aromatic heterocycles. The Morgan fingerprint density at radius 3 is 2.53 bits per heavy atom. The van der Waals surface area contributed by atoms with Gasteiger partial charge in [-0.05, 0) is 37.0 Å². The lowest BCUT2D eigenvalue weighted by Gasteiger charge is -2.29. The molecule has 7 heteroatoms. The van der Waals surface area contributed by atoms with Crippen molar-refractivity contribution in [1.29, 1.82) is 0 Å². The highest BCUT2D eigenvalue weighted by Crippen LogP contribution is 2.26. The number of anilines is 1. The van der Waals surface area contributed by atoms with Gasteiger partial charge in [0, 0.05) is 26.7 Å². The molecule has 0 aliphatic carbocycles. The van der Waals surface area contributed by atoms with E-state index in [1.807, 2.05) is 54.8 Å². The summed E-state index contributed by atoms with van der Waals surface area (Å²) in [6, 6.07) is 16.3. The second-order valence-corrected chi connectivity index (χ2v) is 8.66. The molecule has 0 saturated heterocycles. The third-order valence-electron chi connectivity index (χ3n) is 6.35. The minimum Gasteiger partial charge on any atom is -0.338 e. The summed E-state index contributed by atoms with van der Waals surface area (Å²) in [5.74, 6) is 0.756. The molecule has 0 unspecified atom stereocenters. The largest absolute Gasteiger partial charge is 0.338 e. The molecule has 0 saturated carbocycles. The molecule has 2 aromatic carbocycles. The summed E-state index contributed by atoms with van der Waals surface area (Å²) >= 11 is 0. The molecule has 0 bridgehead atoms. The number of hydrogen-bond acceptors (Lipinski definition) is 4. The fourth-order valence-electron chi connectivity index (χ4n) is 4.57. The lowest BCUT2D eigenvalue weighted by atomic mass is 10.1. The maximum Gasteiger partial charge on any atom is 0.332 e. The van der Waals surface area contributed by atoms with Crippen LogP contribution in [0, 0.1) is 13.8 Å². The summed E-state index contributed by atoms with van der Waals surface area (Å²) in [7, 11) is 1.70. The second-order valence-electron chi connectivity index (χ2n) is 8.66. The van der Waals surface area contributed by atoms with Crippen LogP contribution in [-0.2, 0) is 26.7 Å². The standard InChI is InChI=1S/C25H27N5O2/c1-17-10-11-18(2)20(14-17)16-30-23(31)21-22(27(3)25(30)32)26-24-28(12-7-13-29(21)24)15-19-8-5-4-6-9-19/h4-6,8-11,14H,7,12-13,15-16H2,1-3H3. The third kappa shape index (κ3) is 3.34. The summed E-state index contributed by atoms with van der Waals surface area (Å²) in [5.41, 5.74) is 4.68. The van der Waals surface area contributed by atoms with Crippen LogP contribution >= 0.6 is 0 Å². The molecule has 0 fully saturated rings. The van der Waals surface area contributed by atoms with Crippen molar-refractivity contribution in [1.82, 2.24) is 18.7 Å². The van der Waals surface area contributed by atoms with Crippen LogP contribution in [-0.4, -0.2) is 25.2 Å². The van der Waals surface area contributed by atoms with Gasteiger partial charge in [0.15, 0.2) is 11.2 Å². The van der Waals surface area contributed by atoms with Gasteiger partial charge in [0.05, 0.1) is 6.54 Å². The summed E-state index contributed by atoms with van der Waals surface area (Å²) < 4.78 is 4.84. The number of nitrogens with zero attached hydrogens (tertiary/aromatic N) is 5. The molecule has 5 rings (SSSR count). The lowest BCUT2D eigenvalue weighted by Crippen LogP contribution is -2.40. The van der Waals surface area contributed by atoms with Gasteiger partial charge in [0.2, 0.25) is 5.95 Å². The number of imidazole rings is 1. The number of fused-ring (bicyclic) bond motifs is 3. The van der Waals surface area contributed by atoms with E-state index in [2.05, 4.69) is 17.0 Å². The molecule has 3 heterocycles. The van der Waals surface area contributed by atoms with Crippen LogP contribution in [0.25, 0.3) is 11.2 Å². The third-order valence-corrected chi connectivity index (χ3v) is 6.35. The maximum absolute atomic E-state index is 13.6. The summed E-state index contributed by atoms with van der Waals surface area (Å²) in [4.78, 5) is 33.7. The van der Waals surface area contributed by atoms with Crippen molar-refractivity contribution in [2.45, 2.75) is 39.9 Å². The summed E-state index contributed by atoms with van der Waals surface area (Å²) in [5, 5.41) is 0. The van der Waals surface area contributed by atoms with Gasteiger partial charge in [0.1, 0.15) is 0 Å².